The van der Waals surface area contributed by atoms with E-state index in [1.165, 1.54) is 0 Å². The van der Waals surface area contributed by atoms with Crippen molar-refractivity contribution in [1.29, 1.82) is 5.26 Å². The molecule has 0 amide bonds. The molecule has 0 saturated heterocycles. The first-order valence-electron chi connectivity index (χ1n) is 6.62. The van der Waals surface area contributed by atoms with Crippen LogP contribution in [0.1, 0.15) is 11.1 Å². The average Bonchev–Trinajstić information content (AvgIpc) is 2.90. The van der Waals surface area contributed by atoms with E-state index in [1.807, 2.05) is 48.7 Å². The summed E-state index contributed by atoms with van der Waals surface area (Å²) >= 11 is 0. The lowest BCUT2D eigenvalue weighted by Gasteiger charge is -2.11. The van der Waals surface area contributed by atoms with Gasteiger partial charge in [-0.15, -0.1) is 0 Å². The highest BCUT2D eigenvalue weighted by Gasteiger charge is 2.07. The first kappa shape index (κ1) is 13.1. The number of anilines is 1. The van der Waals surface area contributed by atoms with Gasteiger partial charge in [-0.1, -0.05) is 0 Å². The molecule has 2 N–H and O–H groups in total. The molecule has 3 rings (SSSR count). The molecule has 0 spiro atoms. The van der Waals surface area contributed by atoms with Gasteiger partial charge in [0.15, 0.2) is 0 Å². The molecule has 3 aromatic rings. The number of benzene rings is 2. The lowest BCUT2D eigenvalue weighted by molar-refractivity contribution is 0.408. The minimum atomic E-state index is 0.668. The number of rotatable bonds is 3. The van der Waals surface area contributed by atoms with Crippen LogP contribution in [-0.4, -0.2) is 11.7 Å². The van der Waals surface area contributed by atoms with Crippen LogP contribution < -0.4 is 10.5 Å². The van der Waals surface area contributed by atoms with Gasteiger partial charge in [-0.25, -0.2) is 0 Å². The topological polar surface area (TPSA) is 64.0 Å². The number of ether oxygens (including phenoxy) is 1. The molecule has 4 nitrogen and oxygen atoms in total. The number of fused-ring (bicyclic) bond motifs is 1. The monoisotopic (exact) mass is 277 g/mol. The Hall–Kier alpha value is -2.93. The smallest absolute Gasteiger partial charge is 0.124 e. The molecule has 0 unspecified atom stereocenters. The molecule has 0 bridgehead atoms. The van der Waals surface area contributed by atoms with Gasteiger partial charge in [0.25, 0.3) is 0 Å². The van der Waals surface area contributed by atoms with Gasteiger partial charge in [-0.05, 0) is 42.5 Å². The molecule has 2 aromatic carbocycles. The van der Waals surface area contributed by atoms with Gasteiger partial charge in [-0.3, -0.25) is 0 Å². The third-order valence-electron chi connectivity index (χ3n) is 3.55. The molecule has 0 aliphatic rings. The lowest BCUT2D eigenvalue weighted by atomic mass is 10.1. The number of nitrogens with two attached hydrogens (primary N) is 1. The summed E-state index contributed by atoms with van der Waals surface area (Å²) in [7, 11) is 1.65. The Bertz CT molecular complexity index is 843. The van der Waals surface area contributed by atoms with Gasteiger partial charge in [0, 0.05) is 28.4 Å². The number of nitrogens with zero attached hydrogens (tertiary/aromatic N) is 2. The summed E-state index contributed by atoms with van der Waals surface area (Å²) in [5, 5.41) is 10.0. The van der Waals surface area contributed by atoms with E-state index in [-0.39, 0.29) is 0 Å². The lowest BCUT2D eigenvalue weighted by Crippen LogP contribution is -2.01. The third kappa shape index (κ3) is 2.41. The summed E-state index contributed by atoms with van der Waals surface area (Å²) in [4.78, 5) is 0. The molecule has 0 fully saturated rings. The van der Waals surface area contributed by atoms with Crippen molar-refractivity contribution in [3.8, 4) is 11.8 Å². The SMILES string of the molecule is COc1ccc(N)cc1Cn1ccc2cc(C#N)ccc21. The van der Waals surface area contributed by atoms with Gasteiger partial charge in [0.2, 0.25) is 0 Å². The quantitative estimate of drug-likeness (QED) is 0.748. The van der Waals surface area contributed by atoms with E-state index in [0.29, 0.717) is 17.8 Å². The molecular formula is C17H15N3O. The molecule has 4 heteroatoms. The Morgan fingerprint density at radius 1 is 1.19 bits per heavy atom. The number of aromatic nitrogens is 1. The molecule has 0 aliphatic heterocycles. The zero-order valence-electron chi connectivity index (χ0n) is 11.7. The van der Waals surface area contributed by atoms with E-state index in [2.05, 4.69) is 10.6 Å². The normalized spacial score (nSPS) is 10.5. The molecule has 104 valence electrons. The summed E-state index contributed by atoms with van der Waals surface area (Å²) in [6, 6.07) is 15.5. The molecule has 1 heterocycles. The predicted octanol–water partition coefficient (Wildman–Crippen LogP) is 3.15. The molecule has 21 heavy (non-hydrogen) atoms. The maximum atomic E-state index is 8.95. The van der Waals surface area contributed by atoms with Crippen LogP contribution in [0.3, 0.4) is 0 Å². The van der Waals surface area contributed by atoms with Crippen LogP contribution in [-0.2, 0) is 6.54 Å². The third-order valence-corrected chi connectivity index (χ3v) is 3.55. The summed E-state index contributed by atoms with van der Waals surface area (Å²) in [5.41, 5.74) is 9.35. The van der Waals surface area contributed by atoms with Crippen molar-refractivity contribution in [1.82, 2.24) is 4.57 Å². The highest BCUT2D eigenvalue weighted by atomic mass is 16.5. The zero-order chi connectivity index (χ0) is 14.8. The van der Waals surface area contributed by atoms with E-state index >= 15 is 0 Å². The van der Waals surface area contributed by atoms with Crippen molar-refractivity contribution < 1.29 is 4.74 Å². The Labute approximate surface area is 123 Å². The second-order valence-electron chi connectivity index (χ2n) is 4.90. The van der Waals surface area contributed by atoms with E-state index in [9.17, 15) is 0 Å². The molecular weight excluding hydrogens is 262 g/mol. The zero-order valence-corrected chi connectivity index (χ0v) is 11.7. The number of nitrogen functional groups attached to an aromatic ring is 1. The summed E-state index contributed by atoms with van der Waals surface area (Å²) in [6.07, 6.45) is 2.01. The Morgan fingerprint density at radius 2 is 2.05 bits per heavy atom. The van der Waals surface area contributed by atoms with Crippen LogP contribution in [0.2, 0.25) is 0 Å². The molecule has 0 aliphatic carbocycles. The highest BCUT2D eigenvalue weighted by molar-refractivity contribution is 5.81. The average molecular weight is 277 g/mol. The van der Waals surface area contributed by atoms with Gasteiger partial charge < -0.3 is 15.0 Å². The van der Waals surface area contributed by atoms with Crippen LogP contribution in [0.15, 0.2) is 48.7 Å². The fourth-order valence-electron chi connectivity index (χ4n) is 2.51. The van der Waals surface area contributed by atoms with Crippen LogP contribution >= 0.6 is 0 Å². The number of methoxy groups -OCH3 is 1. The van der Waals surface area contributed by atoms with Gasteiger partial charge in [-0.2, -0.15) is 5.26 Å². The fraction of sp³-hybridized carbons (Fsp3) is 0.118. The van der Waals surface area contributed by atoms with E-state index in [0.717, 1.165) is 22.2 Å². The van der Waals surface area contributed by atoms with E-state index in [4.69, 9.17) is 15.7 Å². The first-order valence-corrected chi connectivity index (χ1v) is 6.62. The predicted molar refractivity (Wildman–Crippen MR) is 83.2 cm³/mol. The van der Waals surface area contributed by atoms with Crippen LogP contribution in [0.4, 0.5) is 5.69 Å². The second kappa shape index (κ2) is 5.22. The fourth-order valence-corrected chi connectivity index (χ4v) is 2.51. The molecule has 0 radical (unpaired) electrons. The highest BCUT2D eigenvalue weighted by Crippen LogP contribution is 2.25. The van der Waals surface area contributed by atoms with Crippen LogP contribution in [0, 0.1) is 11.3 Å². The van der Waals surface area contributed by atoms with Crippen molar-refractivity contribution in [3.05, 3.63) is 59.8 Å². The Kier molecular flexibility index (Phi) is 3.25. The van der Waals surface area contributed by atoms with Gasteiger partial charge >= 0.3 is 0 Å². The molecule has 0 atom stereocenters. The van der Waals surface area contributed by atoms with Crippen molar-refractivity contribution in [2.24, 2.45) is 0 Å². The minimum absolute atomic E-state index is 0.668. The van der Waals surface area contributed by atoms with Gasteiger partial charge in [0.1, 0.15) is 5.75 Å². The van der Waals surface area contributed by atoms with Crippen molar-refractivity contribution in [2.75, 3.05) is 12.8 Å². The maximum Gasteiger partial charge on any atom is 0.124 e. The molecule has 0 saturated carbocycles. The maximum absolute atomic E-state index is 8.95. The van der Waals surface area contributed by atoms with Crippen molar-refractivity contribution in [3.63, 3.8) is 0 Å². The number of nitriles is 1. The summed E-state index contributed by atoms with van der Waals surface area (Å²) in [6.45, 7) is 0.670. The van der Waals surface area contributed by atoms with Crippen LogP contribution in [0.25, 0.3) is 10.9 Å². The van der Waals surface area contributed by atoms with Gasteiger partial charge in [0.05, 0.1) is 25.3 Å². The van der Waals surface area contributed by atoms with Crippen molar-refractivity contribution in [2.45, 2.75) is 6.54 Å². The van der Waals surface area contributed by atoms with E-state index < -0.39 is 0 Å². The Morgan fingerprint density at radius 3 is 2.81 bits per heavy atom. The first-order chi connectivity index (χ1) is 10.2. The Balaban J connectivity index is 2.03. The van der Waals surface area contributed by atoms with E-state index in [1.54, 1.807) is 7.11 Å². The summed E-state index contributed by atoms with van der Waals surface area (Å²) < 4.78 is 7.50. The molecule has 1 aromatic heterocycles. The summed E-state index contributed by atoms with van der Waals surface area (Å²) in [5.74, 6) is 0.819. The largest absolute Gasteiger partial charge is 0.496 e. The number of hydrogen-bond acceptors (Lipinski definition) is 3. The second-order valence-corrected chi connectivity index (χ2v) is 4.90. The van der Waals surface area contributed by atoms with Crippen LogP contribution in [0.5, 0.6) is 5.75 Å². The number of hydrogen-bond donors (Lipinski definition) is 1. The van der Waals surface area contributed by atoms with Crippen molar-refractivity contribution >= 4 is 16.6 Å². The standard InChI is InChI=1S/C17H15N3O/c1-21-17-5-3-15(19)9-14(17)11-20-7-6-13-8-12(10-18)2-4-16(13)20/h2-9H,11,19H2,1H3. The minimum Gasteiger partial charge on any atom is -0.496 e.